The summed E-state index contributed by atoms with van der Waals surface area (Å²) in [6.07, 6.45) is 2.91. The Kier molecular flexibility index (Phi) is 5.25. The molecule has 11 nitrogen and oxygen atoms in total. The first-order chi connectivity index (χ1) is 16.2. The van der Waals surface area contributed by atoms with E-state index in [1.165, 1.54) is 17.0 Å². The standard InChI is InChI=1S/C22H15N7O4/c30-21-17-10-4-5-11-18(17)23-26-28(21)14-33-22(31)19(13-16-9-6-12-32-16)29-20(24-25-27-29)15-7-2-1-3-8-15/h1-13H,14H2. The van der Waals surface area contributed by atoms with E-state index < -0.39 is 18.3 Å². The van der Waals surface area contributed by atoms with Crippen molar-refractivity contribution in [2.24, 2.45) is 0 Å². The second kappa shape index (κ2) is 8.67. The van der Waals surface area contributed by atoms with Crippen LogP contribution in [0.4, 0.5) is 0 Å². The summed E-state index contributed by atoms with van der Waals surface area (Å²) < 4.78 is 12.9. The van der Waals surface area contributed by atoms with Crippen LogP contribution < -0.4 is 5.56 Å². The van der Waals surface area contributed by atoms with Gasteiger partial charge in [0, 0.05) is 11.6 Å². The van der Waals surface area contributed by atoms with Gasteiger partial charge in [0.15, 0.2) is 18.3 Å². The quantitative estimate of drug-likeness (QED) is 0.287. The number of esters is 1. The molecule has 0 saturated heterocycles. The molecule has 5 rings (SSSR count). The number of fused-ring (bicyclic) bond motifs is 1. The molecule has 0 aliphatic rings. The van der Waals surface area contributed by atoms with Crippen LogP contribution in [-0.2, 0) is 16.3 Å². The first-order valence-electron chi connectivity index (χ1n) is 9.80. The van der Waals surface area contributed by atoms with Crippen LogP contribution in [0.15, 0.2) is 82.2 Å². The Balaban J connectivity index is 1.48. The van der Waals surface area contributed by atoms with E-state index in [0.29, 0.717) is 28.1 Å². The molecule has 3 heterocycles. The molecular formula is C22H15N7O4. The lowest BCUT2D eigenvalue weighted by molar-refractivity contribution is -0.141. The van der Waals surface area contributed by atoms with Crippen molar-refractivity contribution in [2.75, 3.05) is 0 Å². The van der Waals surface area contributed by atoms with Crippen molar-refractivity contribution >= 4 is 28.6 Å². The number of nitrogens with zero attached hydrogens (tertiary/aromatic N) is 7. The van der Waals surface area contributed by atoms with Crippen LogP contribution in [0.25, 0.3) is 34.1 Å². The van der Waals surface area contributed by atoms with Crippen molar-refractivity contribution in [3.63, 3.8) is 0 Å². The lowest BCUT2D eigenvalue weighted by atomic mass is 10.2. The van der Waals surface area contributed by atoms with Gasteiger partial charge in [0.2, 0.25) is 0 Å². The molecule has 0 atom stereocenters. The van der Waals surface area contributed by atoms with E-state index in [1.807, 2.05) is 30.3 Å². The zero-order chi connectivity index (χ0) is 22.6. The molecular weight excluding hydrogens is 426 g/mol. The van der Waals surface area contributed by atoms with Crippen LogP contribution >= 0.6 is 0 Å². The van der Waals surface area contributed by atoms with Gasteiger partial charge in [-0.2, -0.15) is 9.36 Å². The Labute approximate surface area is 185 Å². The fourth-order valence-corrected chi connectivity index (χ4v) is 3.13. The number of aromatic nitrogens is 7. The van der Waals surface area contributed by atoms with Crippen LogP contribution in [0.5, 0.6) is 0 Å². The summed E-state index contributed by atoms with van der Waals surface area (Å²) in [6.45, 7) is -0.451. The molecule has 5 aromatic rings. The molecule has 0 fully saturated rings. The summed E-state index contributed by atoms with van der Waals surface area (Å²) in [5.41, 5.74) is 0.690. The predicted molar refractivity (Wildman–Crippen MR) is 116 cm³/mol. The summed E-state index contributed by atoms with van der Waals surface area (Å²) in [6, 6.07) is 19.2. The second-order valence-electron chi connectivity index (χ2n) is 6.80. The number of furan rings is 1. The molecule has 33 heavy (non-hydrogen) atoms. The highest BCUT2D eigenvalue weighted by atomic mass is 16.5. The molecule has 162 valence electrons. The van der Waals surface area contributed by atoms with E-state index >= 15 is 0 Å². The predicted octanol–water partition coefficient (Wildman–Crippen LogP) is 2.24. The van der Waals surface area contributed by atoms with Crippen molar-refractivity contribution in [1.29, 1.82) is 0 Å². The number of carbonyl (C=O) groups is 1. The van der Waals surface area contributed by atoms with Crippen molar-refractivity contribution in [3.05, 3.63) is 89.1 Å². The molecule has 0 N–H and O–H groups in total. The van der Waals surface area contributed by atoms with Crippen molar-refractivity contribution in [2.45, 2.75) is 6.73 Å². The maximum absolute atomic E-state index is 13.1. The minimum Gasteiger partial charge on any atom is -0.465 e. The normalized spacial score (nSPS) is 11.6. The number of ether oxygens (including phenoxy) is 1. The largest absolute Gasteiger partial charge is 0.465 e. The van der Waals surface area contributed by atoms with Crippen LogP contribution in [-0.4, -0.2) is 41.2 Å². The third kappa shape index (κ3) is 4.02. The number of tetrazole rings is 1. The third-order valence-electron chi connectivity index (χ3n) is 4.71. The molecule has 0 aliphatic carbocycles. The van der Waals surface area contributed by atoms with Gasteiger partial charge < -0.3 is 9.15 Å². The van der Waals surface area contributed by atoms with Gasteiger partial charge >= 0.3 is 5.97 Å². The van der Waals surface area contributed by atoms with Gasteiger partial charge in [0.25, 0.3) is 5.56 Å². The maximum Gasteiger partial charge on any atom is 0.359 e. The second-order valence-corrected chi connectivity index (χ2v) is 6.80. The molecule has 3 aromatic heterocycles. The highest BCUT2D eigenvalue weighted by Crippen LogP contribution is 2.21. The Hall–Kier alpha value is -4.93. The van der Waals surface area contributed by atoms with Gasteiger partial charge in [-0.15, -0.1) is 10.2 Å². The minimum absolute atomic E-state index is 0.0180. The lowest BCUT2D eigenvalue weighted by Gasteiger charge is -2.10. The van der Waals surface area contributed by atoms with E-state index in [1.54, 1.807) is 36.4 Å². The van der Waals surface area contributed by atoms with E-state index in [9.17, 15) is 9.59 Å². The molecule has 11 heteroatoms. The number of hydrogen-bond donors (Lipinski definition) is 0. The molecule has 0 radical (unpaired) electrons. The lowest BCUT2D eigenvalue weighted by Crippen LogP contribution is -2.27. The Morgan fingerprint density at radius 3 is 2.61 bits per heavy atom. The smallest absolute Gasteiger partial charge is 0.359 e. The topological polar surface area (TPSA) is 131 Å². The monoisotopic (exact) mass is 441 g/mol. The molecule has 2 aromatic carbocycles. The minimum atomic E-state index is -0.794. The van der Waals surface area contributed by atoms with Gasteiger partial charge in [-0.1, -0.05) is 47.7 Å². The molecule has 0 saturated carbocycles. The van der Waals surface area contributed by atoms with Gasteiger partial charge in [-0.05, 0) is 34.7 Å². The van der Waals surface area contributed by atoms with Gasteiger partial charge in [-0.25, -0.2) is 4.79 Å². The van der Waals surface area contributed by atoms with E-state index in [2.05, 4.69) is 25.8 Å². The zero-order valence-corrected chi connectivity index (χ0v) is 17.0. The number of benzene rings is 2. The van der Waals surface area contributed by atoms with E-state index in [0.717, 1.165) is 4.68 Å². The van der Waals surface area contributed by atoms with Gasteiger partial charge in [-0.3, -0.25) is 4.79 Å². The van der Waals surface area contributed by atoms with Gasteiger partial charge in [0.1, 0.15) is 11.3 Å². The Morgan fingerprint density at radius 2 is 1.79 bits per heavy atom. The summed E-state index contributed by atoms with van der Waals surface area (Å²) in [4.78, 5) is 25.7. The van der Waals surface area contributed by atoms with Crippen molar-refractivity contribution in [3.8, 4) is 11.4 Å². The average molecular weight is 441 g/mol. The molecule has 0 aliphatic heterocycles. The first-order valence-corrected chi connectivity index (χ1v) is 9.80. The molecule has 0 spiro atoms. The number of carbonyl (C=O) groups excluding carboxylic acids is 1. The van der Waals surface area contributed by atoms with Crippen LogP contribution in [0, 0.1) is 0 Å². The number of hydrogen-bond acceptors (Lipinski definition) is 9. The Bertz CT molecular complexity index is 1500. The third-order valence-corrected chi connectivity index (χ3v) is 4.71. The molecule has 0 amide bonds. The SMILES string of the molecule is O=C(OCn1nnc2ccccc2c1=O)C(=Cc1ccco1)n1nnnc1-c1ccccc1. The van der Waals surface area contributed by atoms with E-state index in [4.69, 9.17) is 9.15 Å². The van der Waals surface area contributed by atoms with Crippen LogP contribution in [0.3, 0.4) is 0 Å². The summed E-state index contributed by atoms with van der Waals surface area (Å²) >= 11 is 0. The Morgan fingerprint density at radius 1 is 0.970 bits per heavy atom. The van der Waals surface area contributed by atoms with Crippen LogP contribution in [0.2, 0.25) is 0 Å². The fraction of sp³-hybridized carbons (Fsp3) is 0.0455. The highest BCUT2D eigenvalue weighted by molar-refractivity contribution is 6.15. The van der Waals surface area contributed by atoms with Crippen molar-refractivity contribution < 1.29 is 13.9 Å². The average Bonchev–Trinajstić information content (AvgIpc) is 3.55. The first kappa shape index (κ1) is 20.0. The summed E-state index contributed by atoms with van der Waals surface area (Å²) in [5, 5.41) is 19.9. The summed E-state index contributed by atoms with van der Waals surface area (Å²) in [7, 11) is 0. The molecule has 0 unspecified atom stereocenters. The fourth-order valence-electron chi connectivity index (χ4n) is 3.13. The zero-order valence-electron chi connectivity index (χ0n) is 17.0. The van der Waals surface area contributed by atoms with Crippen LogP contribution in [0.1, 0.15) is 5.76 Å². The highest BCUT2D eigenvalue weighted by Gasteiger charge is 2.21. The molecule has 0 bridgehead atoms. The van der Waals surface area contributed by atoms with Gasteiger partial charge in [0.05, 0.1) is 11.6 Å². The van der Waals surface area contributed by atoms with Crippen molar-refractivity contribution in [1.82, 2.24) is 35.2 Å². The number of rotatable bonds is 6. The maximum atomic E-state index is 13.1. The van der Waals surface area contributed by atoms with E-state index in [-0.39, 0.29) is 5.70 Å². The summed E-state index contributed by atoms with van der Waals surface area (Å²) in [5.74, 6) is -0.0788.